The highest BCUT2D eigenvalue weighted by Gasteiger charge is 2.52. The molecule has 0 bridgehead atoms. The smallest absolute Gasteiger partial charge is 0.252 e. The molecule has 2 rings (SSSR count). The Hall–Kier alpha value is -1.89. The third kappa shape index (κ3) is 1.67. The van der Waals surface area contributed by atoms with Crippen LogP contribution in [0.4, 0.5) is 4.39 Å². The number of hydrogen-bond acceptors (Lipinski definition) is 2. The molecular weight excluding hydrogens is 231 g/mol. The topological polar surface area (TPSA) is 44.1 Å². The molecular formula is C14H15FN2O. The Morgan fingerprint density at radius 3 is 2.67 bits per heavy atom. The van der Waals surface area contributed by atoms with Crippen LogP contribution in [0.2, 0.25) is 0 Å². The summed E-state index contributed by atoms with van der Waals surface area (Å²) >= 11 is 0. The molecule has 1 heterocycles. The monoisotopic (exact) mass is 246 g/mol. The summed E-state index contributed by atoms with van der Waals surface area (Å²) in [7, 11) is 0. The van der Waals surface area contributed by atoms with E-state index in [1.807, 2.05) is 26.8 Å². The Morgan fingerprint density at radius 1 is 1.44 bits per heavy atom. The highest BCUT2D eigenvalue weighted by atomic mass is 19.1. The van der Waals surface area contributed by atoms with Crippen molar-refractivity contribution in [1.82, 2.24) is 4.90 Å². The van der Waals surface area contributed by atoms with Gasteiger partial charge in [0.05, 0.1) is 6.07 Å². The highest BCUT2D eigenvalue weighted by molar-refractivity contribution is 5.95. The maximum atomic E-state index is 13.2. The SMILES string of the molecule is CC(C)(C)N1CC2=CC=C(F)C=CC2(C#N)C1=O. The number of amides is 1. The Morgan fingerprint density at radius 2 is 2.11 bits per heavy atom. The van der Waals surface area contributed by atoms with Crippen LogP contribution in [0.5, 0.6) is 0 Å². The Kier molecular flexibility index (Phi) is 2.66. The zero-order valence-electron chi connectivity index (χ0n) is 10.7. The van der Waals surface area contributed by atoms with Gasteiger partial charge in [-0.25, -0.2) is 4.39 Å². The van der Waals surface area contributed by atoms with Gasteiger partial charge in [0.25, 0.3) is 5.91 Å². The minimum Gasteiger partial charge on any atom is -0.332 e. The number of halogens is 1. The molecule has 2 aliphatic rings. The molecule has 94 valence electrons. The van der Waals surface area contributed by atoms with Crippen molar-refractivity contribution in [1.29, 1.82) is 5.26 Å². The number of hydrogen-bond donors (Lipinski definition) is 0. The van der Waals surface area contributed by atoms with Gasteiger partial charge < -0.3 is 4.90 Å². The Bertz CT molecular complexity index is 531. The molecule has 1 saturated heterocycles. The summed E-state index contributed by atoms with van der Waals surface area (Å²) in [5.41, 5.74) is -1.06. The first-order valence-corrected chi connectivity index (χ1v) is 5.81. The normalized spacial score (nSPS) is 27.3. The average molecular weight is 246 g/mol. The average Bonchev–Trinajstić information content (AvgIpc) is 2.46. The second kappa shape index (κ2) is 3.81. The predicted molar refractivity (Wildman–Crippen MR) is 65.9 cm³/mol. The van der Waals surface area contributed by atoms with Crippen LogP contribution in [0.3, 0.4) is 0 Å². The second-order valence-corrected chi connectivity index (χ2v) is 5.56. The number of rotatable bonds is 0. The first-order valence-electron chi connectivity index (χ1n) is 5.81. The minimum atomic E-state index is -1.34. The first-order chi connectivity index (χ1) is 8.31. The van der Waals surface area contributed by atoms with Gasteiger partial charge in [-0.2, -0.15) is 5.26 Å². The van der Waals surface area contributed by atoms with Crippen molar-refractivity contribution in [3.63, 3.8) is 0 Å². The van der Waals surface area contributed by atoms with Crippen molar-refractivity contribution in [2.75, 3.05) is 6.54 Å². The number of fused-ring (bicyclic) bond motifs is 1. The van der Waals surface area contributed by atoms with Gasteiger partial charge in [0.1, 0.15) is 5.83 Å². The maximum Gasteiger partial charge on any atom is 0.252 e. The summed E-state index contributed by atoms with van der Waals surface area (Å²) < 4.78 is 13.2. The van der Waals surface area contributed by atoms with E-state index in [1.54, 1.807) is 11.0 Å². The molecule has 3 nitrogen and oxygen atoms in total. The van der Waals surface area contributed by atoms with Gasteiger partial charge in [0.2, 0.25) is 0 Å². The van der Waals surface area contributed by atoms with E-state index in [4.69, 9.17) is 0 Å². The lowest BCUT2D eigenvalue weighted by Crippen LogP contribution is -2.44. The van der Waals surface area contributed by atoms with Gasteiger partial charge in [-0.15, -0.1) is 0 Å². The van der Waals surface area contributed by atoms with Crippen LogP contribution in [-0.4, -0.2) is 22.9 Å². The summed E-state index contributed by atoms with van der Waals surface area (Å²) in [6.07, 6.45) is 5.40. The van der Waals surface area contributed by atoms with E-state index < -0.39 is 11.2 Å². The van der Waals surface area contributed by atoms with Crippen molar-refractivity contribution in [2.45, 2.75) is 26.3 Å². The molecule has 18 heavy (non-hydrogen) atoms. The van der Waals surface area contributed by atoms with Gasteiger partial charge in [-0.1, -0.05) is 6.08 Å². The standard InChI is InChI=1S/C14H15FN2O/c1-13(2,3)17-8-10-4-5-11(15)6-7-14(10,9-16)12(17)18/h4-7H,8H2,1-3H3. The summed E-state index contributed by atoms with van der Waals surface area (Å²) in [6, 6.07) is 2.05. The molecule has 4 heteroatoms. The van der Waals surface area contributed by atoms with Crippen molar-refractivity contribution in [2.24, 2.45) is 5.41 Å². The number of carbonyl (C=O) groups is 1. The Balaban J connectivity index is 2.55. The predicted octanol–water partition coefficient (Wildman–Crippen LogP) is 2.49. The van der Waals surface area contributed by atoms with Gasteiger partial charge in [-0.05, 0) is 44.6 Å². The molecule has 1 aliphatic heterocycles. The van der Waals surface area contributed by atoms with Gasteiger partial charge in [0, 0.05) is 12.1 Å². The van der Waals surface area contributed by atoms with Crippen molar-refractivity contribution in [3.05, 3.63) is 35.7 Å². The van der Waals surface area contributed by atoms with Crippen LogP contribution in [0, 0.1) is 16.7 Å². The number of carbonyl (C=O) groups excluding carboxylic acids is 1. The van der Waals surface area contributed by atoms with Crippen LogP contribution in [0.1, 0.15) is 20.8 Å². The number of allylic oxidation sites excluding steroid dienone is 4. The lowest BCUT2D eigenvalue weighted by Gasteiger charge is -2.32. The molecule has 1 aliphatic carbocycles. The maximum absolute atomic E-state index is 13.2. The van der Waals surface area contributed by atoms with E-state index >= 15 is 0 Å². The van der Waals surface area contributed by atoms with E-state index in [1.165, 1.54) is 18.2 Å². The van der Waals surface area contributed by atoms with Crippen LogP contribution in [-0.2, 0) is 4.79 Å². The third-order valence-corrected chi connectivity index (χ3v) is 3.34. The lowest BCUT2D eigenvalue weighted by atomic mass is 9.83. The first kappa shape index (κ1) is 12.6. The van der Waals surface area contributed by atoms with E-state index in [2.05, 4.69) is 0 Å². The summed E-state index contributed by atoms with van der Waals surface area (Å²) in [5.74, 6) is -0.718. The fraction of sp³-hybridized carbons (Fsp3) is 0.429. The van der Waals surface area contributed by atoms with Gasteiger partial charge >= 0.3 is 0 Å². The number of nitriles is 1. The zero-order valence-corrected chi connectivity index (χ0v) is 10.7. The summed E-state index contributed by atoms with van der Waals surface area (Å²) in [6.45, 7) is 6.12. The third-order valence-electron chi connectivity index (χ3n) is 3.34. The number of likely N-dealkylation sites (tertiary alicyclic amines) is 1. The molecule has 1 amide bonds. The quantitative estimate of drug-likeness (QED) is 0.659. The van der Waals surface area contributed by atoms with Crippen LogP contribution >= 0.6 is 0 Å². The summed E-state index contributed by atoms with van der Waals surface area (Å²) in [5, 5.41) is 9.38. The fourth-order valence-corrected chi connectivity index (χ4v) is 2.22. The molecule has 0 radical (unpaired) electrons. The molecule has 0 aromatic rings. The van der Waals surface area contributed by atoms with Crippen molar-refractivity contribution < 1.29 is 9.18 Å². The Labute approximate surface area is 106 Å². The number of nitrogens with zero attached hydrogens (tertiary/aromatic N) is 2. The fourth-order valence-electron chi connectivity index (χ4n) is 2.22. The molecule has 0 N–H and O–H groups in total. The van der Waals surface area contributed by atoms with Crippen LogP contribution in [0.25, 0.3) is 0 Å². The van der Waals surface area contributed by atoms with E-state index in [9.17, 15) is 14.4 Å². The second-order valence-electron chi connectivity index (χ2n) is 5.56. The van der Waals surface area contributed by atoms with Crippen molar-refractivity contribution in [3.8, 4) is 6.07 Å². The lowest BCUT2D eigenvalue weighted by molar-refractivity contribution is -0.135. The molecule has 0 spiro atoms. The largest absolute Gasteiger partial charge is 0.332 e. The van der Waals surface area contributed by atoms with Gasteiger partial charge in [-0.3, -0.25) is 4.79 Å². The molecule has 1 atom stereocenters. The minimum absolute atomic E-state index is 0.275. The zero-order chi connectivity index (χ0) is 13.6. The molecule has 1 unspecified atom stereocenters. The van der Waals surface area contributed by atoms with E-state index in [-0.39, 0.29) is 11.4 Å². The highest BCUT2D eigenvalue weighted by Crippen LogP contribution is 2.42. The molecule has 0 aromatic carbocycles. The van der Waals surface area contributed by atoms with Crippen LogP contribution < -0.4 is 0 Å². The molecule has 0 aromatic heterocycles. The van der Waals surface area contributed by atoms with E-state index in [0.717, 1.165) is 0 Å². The summed E-state index contributed by atoms with van der Waals surface area (Å²) in [4.78, 5) is 14.1. The van der Waals surface area contributed by atoms with Crippen LogP contribution in [0.15, 0.2) is 35.7 Å². The van der Waals surface area contributed by atoms with E-state index in [0.29, 0.717) is 12.1 Å². The van der Waals surface area contributed by atoms with Gasteiger partial charge in [0.15, 0.2) is 5.41 Å². The van der Waals surface area contributed by atoms with Crippen molar-refractivity contribution >= 4 is 5.91 Å². The molecule has 0 saturated carbocycles. The molecule has 1 fully saturated rings.